The van der Waals surface area contributed by atoms with Gasteiger partial charge in [0.05, 0.1) is 31.1 Å². The Bertz CT molecular complexity index is 713. The fourth-order valence-corrected chi connectivity index (χ4v) is 2.40. The maximum atomic E-state index is 12.0. The molecule has 2 aromatic rings. The maximum absolute atomic E-state index is 12.0. The number of amides is 1. The lowest BCUT2D eigenvalue weighted by atomic mass is 10.2. The standard InChI is InChI=1S/C14H15BrN4O4/c1-19-12(9(15)7-17-19)14(21)18-16-6-8-4-10(22-2)13(20)11(5-8)23-3/h4-7,20H,1-3H3,(H,18,21)/b16-6+. The van der Waals surface area contributed by atoms with Crippen molar-refractivity contribution in [3.05, 3.63) is 34.1 Å². The molecule has 9 heteroatoms. The molecule has 1 amide bonds. The summed E-state index contributed by atoms with van der Waals surface area (Å²) in [5.74, 6) is -0.0288. The van der Waals surface area contributed by atoms with Crippen LogP contribution in [-0.4, -0.2) is 41.2 Å². The van der Waals surface area contributed by atoms with E-state index in [-0.39, 0.29) is 17.2 Å². The molecule has 0 saturated heterocycles. The normalized spacial score (nSPS) is 10.8. The van der Waals surface area contributed by atoms with Crippen LogP contribution in [0.5, 0.6) is 17.2 Å². The molecule has 0 spiro atoms. The molecule has 2 rings (SSSR count). The molecule has 0 unspecified atom stereocenters. The largest absolute Gasteiger partial charge is 0.502 e. The molecule has 122 valence electrons. The minimum Gasteiger partial charge on any atom is -0.502 e. The molecule has 0 aliphatic heterocycles. The van der Waals surface area contributed by atoms with Crippen LogP contribution >= 0.6 is 15.9 Å². The van der Waals surface area contributed by atoms with Crippen LogP contribution in [0.15, 0.2) is 27.9 Å². The van der Waals surface area contributed by atoms with Crippen molar-refractivity contribution in [2.24, 2.45) is 12.1 Å². The zero-order valence-electron chi connectivity index (χ0n) is 12.7. The average molecular weight is 383 g/mol. The van der Waals surface area contributed by atoms with Crippen LogP contribution < -0.4 is 14.9 Å². The van der Waals surface area contributed by atoms with Crippen molar-refractivity contribution in [1.29, 1.82) is 0 Å². The number of phenolic OH excluding ortho intramolecular Hbond substituents is 1. The lowest BCUT2D eigenvalue weighted by molar-refractivity contribution is 0.0945. The molecule has 0 radical (unpaired) electrons. The van der Waals surface area contributed by atoms with Gasteiger partial charge in [0.25, 0.3) is 5.91 Å². The molecule has 0 aliphatic rings. The summed E-state index contributed by atoms with van der Waals surface area (Å²) in [6, 6.07) is 3.13. The van der Waals surface area contributed by atoms with Crippen molar-refractivity contribution < 1.29 is 19.4 Å². The van der Waals surface area contributed by atoms with E-state index in [1.165, 1.54) is 31.3 Å². The fraction of sp³-hybridized carbons (Fsp3) is 0.214. The van der Waals surface area contributed by atoms with Crippen LogP contribution in [0.3, 0.4) is 0 Å². The number of aromatic hydroxyl groups is 1. The Kier molecular flexibility index (Phi) is 5.22. The number of phenols is 1. The van der Waals surface area contributed by atoms with Crippen molar-refractivity contribution >= 4 is 28.1 Å². The number of ether oxygens (including phenoxy) is 2. The number of aryl methyl sites for hydroxylation is 1. The van der Waals surface area contributed by atoms with Crippen molar-refractivity contribution in [2.45, 2.75) is 0 Å². The summed E-state index contributed by atoms with van der Waals surface area (Å²) in [5, 5.41) is 17.7. The third kappa shape index (κ3) is 3.62. The summed E-state index contributed by atoms with van der Waals surface area (Å²) < 4.78 is 12.1. The van der Waals surface area contributed by atoms with Crippen molar-refractivity contribution in [2.75, 3.05) is 14.2 Å². The number of halogens is 1. The van der Waals surface area contributed by atoms with Gasteiger partial charge in [-0.15, -0.1) is 0 Å². The van der Waals surface area contributed by atoms with E-state index >= 15 is 0 Å². The van der Waals surface area contributed by atoms with E-state index in [4.69, 9.17) is 9.47 Å². The van der Waals surface area contributed by atoms with Gasteiger partial charge in [0.15, 0.2) is 11.5 Å². The van der Waals surface area contributed by atoms with Gasteiger partial charge in [-0.3, -0.25) is 9.48 Å². The molecule has 0 saturated carbocycles. The number of rotatable bonds is 5. The van der Waals surface area contributed by atoms with Crippen molar-refractivity contribution in [3.8, 4) is 17.2 Å². The Balaban J connectivity index is 2.16. The van der Waals surface area contributed by atoms with Gasteiger partial charge in [-0.25, -0.2) is 5.43 Å². The molecule has 0 aliphatic carbocycles. The number of carbonyl (C=O) groups excluding carboxylic acids is 1. The Morgan fingerprint density at radius 2 is 2.00 bits per heavy atom. The Morgan fingerprint density at radius 1 is 1.39 bits per heavy atom. The van der Waals surface area contributed by atoms with Gasteiger partial charge in [0, 0.05) is 12.6 Å². The van der Waals surface area contributed by atoms with Crippen LogP contribution in [0, 0.1) is 0 Å². The summed E-state index contributed by atoms with van der Waals surface area (Å²) in [7, 11) is 4.51. The van der Waals surface area contributed by atoms with Gasteiger partial charge in [0.2, 0.25) is 5.75 Å². The second-order valence-corrected chi connectivity index (χ2v) is 5.29. The van der Waals surface area contributed by atoms with Crippen molar-refractivity contribution in [3.63, 3.8) is 0 Å². The maximum Gasteiger partial charge on any atom is 0.290 e. The molecule has 0 bridgehead atoms. The molecule has 2 N–H and O–H groups in total. The Labute approximate surface area is 140 Å². The predicted octanol–water partition coefficient (Wildman–Crippen LogP) is 1.67. The molecule has 1 aromatic heterocycles. The van der Waals surface area contributed by atoms with Crippen molar-refractivity contribution in [1.82, 2.24) is 15.2 Å². The van der Waals surface area contributed by atoms with Crippen LogP contribution in [0.25, 0.3) is 0 Å². The molecule has 23 heavy (non-hydrogen) atoms. The van der Waals surface area contributed by atoms with Crippen LogP contribution in [0.2, 0.25) is 0 Å². The van der Waals surface area contributed by atoms with Gasteiger partial charge in [-0.1, -0.05) is 0 Å². The summed E-state index contributed by atoms with van der Waals surface area (Å²) in [6.07, 6.45) is 2.93. The average Bonchev–Trinajstić information content (AvgIpc) is 2.87. The highest BCUT2D eigenvalue weighted by molar-refractivity contribution is 9.10. The number of benzene rings is 1. The highest BCUT2D eigenvalue weighted by Crippen LogP contribution is 2.36. The summed E-state index contributed by atoms with van der Waals surface area (Å²) in [5.41, 5.74) is 3.33. The van der Waals surface area contributed by atoms with E-state index in [0.29, 0.717) is 15.7 Å². The van der Waals surface area contributed by atoms with E-state index < -0.39 is 5.91 Å². The van der Waals surface area contributed by atoms with Gasteiger partial charge in [-0.05, 0) is 28.1 Å². The predicted molar refractivity (Wildman–Crippen MR) is 87.2 cm³/mol. The zero-order valence-corrected chi connectivity index (χ0v) is 14.3. The summed E-state index contributed by atoms with van der Waals surface area (Å²) >= 11 is 3.24. The summed E-state index contributed by atoms with van der Waals surface area (Å²) in [6.45, 7) is 0. The molecule has 1 heterocycles. The first-order chi connectivity index (χ1) is 11.0. The third-order valence-electron chi connectivity index (χ3n) is 2.99. The van der Waals surface area contributed by atoms with Crippen LogP contribution in [-0.2, 0) is 7.05 Å². The second kappa shape index (κ2) is 7.14. The van der Waals surface area contributed by atoms with E-state index in [1.807, 2.05) is 0 Å². The second-order valence-electron chi connectivity index (χ2n) is 4.44. The number of hydrogen-bond donors (Lipinski definition) is 2. The highest BCUT2D eigenvalue weighted by Gasteiger charge is 2.14. The number of nitrogens with zero attached hydrogens (tertiary/aromatic N) is 3. The first-order valence-electron chi connectivity index (χ1n) is 6.43. The molecular formula is C14H15BrN4O4. The number of nitrogens with one attached hydrogen (secondary N) is 1. The van der Waals surface area contributed by atoms with E-state index in [9.17, 15) is 9.90 Å². The van der Waals surface area contributed by atoms with Gasteiger partial charge in [-0.2, -0.15) is 10.2 Å². The first kappa shape index (κ1) is 16.8. The molecule has 1 aromatic carbocycles. The van der Waals surface area contributed by atoms with E-state index in [2.05, 4.69) is 31.6 Å². The number of methoxy groups -OCH3 is 2. The van der Waals surface area contributed by atoms with Gasteiger partial charge in [0.1, 0.15) is 5.69 Å². The number of aromatic nitrogens is 2. The smallest absolute Gasteiger partial charge is 0.290 e. The molecule has 8 nitrogen and oxygen atoms in total. The molecule has 0 atom stereocenters. The molecular weight excluding hydrogens is 368 g/mol. The Hall–Kier alpha value is -2.55. The quantitative estimate of drug-likeness (QED) is 0.605. The lowest BCUT2D eigenvalue weighted by Gasteiger charge is -2.09. The number of hydrazone groups is 1. The monoisotopic (exact) mass is 382 g/mol. The lowest BCUT2D eigenvalue weighted by Crippen LogP contribution is -2.21. The van der Waals surface area contributed by atoms with Crippen LogP contribution in [0.4, 0.5) is 0 Å². The topological polar surface area (TPSA) is 98.0 Å². The Morgan fingerprint density at radius 3 is 2.48 bits per heavy atom. The SMILES string of the molecule is COc1cc(/C=N/NC(=O)c2c(Br)cnn2C)cc(OC)c1O. The number of hydrogen-bond acceptors (Lipinski definition) is 6. The summed E-state index contributed by atoms with van der Waals surface area (Å²) in [4.78, 5) is 12.0. The third-order valence-corrected chi connectivity index (χ3v) is 3.57. The minimum atomic E-state index is -0.411. The van der Waals surface area contributed by atoms with E-state index in [0.717, 1.165) is 0 Å². The minimum absolute atomic E-state index is 0.102. The highest BCUT2D eigenvalue weighted by atomic mass is 79.9. The zero-order chi connectivity index (χ0) is 17.0. The van der Waals surface area contributed by atoms with E-state index in [1.54, 1.807) is 19.2 Å². The first-order valence-corrected chi connectivity index (χ1v) is 7.23. The van der Waals surface area contributed by atoms with Gasteiger partial charge >= 0.3 is 0 Å². The van der Waals surface area contributed by atoms with Crippen LogP contribution in [0.1, 0.15) is 16.1 Å². The number of carbonyl (C=O) groups is 1. The fourth-order valence-electron chi connectivity index (χ4n) is 1.87. The molecule has 0 fully saturated rings. The van der Waals surface area contributed by atoms with Gasteiger partial charge < -0.3 is 14.6 Å².